The molecule has 2 aromatic carbocycles. The summed E-state index contributed by atoms with van der Waals surface area (Å²) < 4.78 is 0. The molecule has 0 radical (unpaired) electrons. The first-order chi connectivity index (χ1) is 12.4. The Bertz CT molecular complexity index is 677. The van der Waals surface area contributed by atoms with Gasteiger partial charge in [-0.2, -0.15) is 0 Å². The molecular formula is C21H26N2O3. The van der Waals surface area contributed by atoms with Gasteiger partial charge in [0.25, 0.3) is 0 Å². The standard InChI is InChI=1S/C21H26N2O3/c1-14(2)13-17(24)21(26)23-19(20(22)25)18(15-9-5-3-6-10-15)16-11-7-4-8-12-16/h3-12,14,17-19,24H,13H2,1-2H3,(H2,22,25)(H,23,26)/t17-,19+/m0/s1. The fourth-order valence-corrected chi connectivity index (χ4v) is 3.02. The minimum absolute atomic E-state index is 0.154. The number of hydrogen-bond acceptors (Lipinski definition) is 3. The van der Waals surface area contributed by atoms with E-state index in [-0.39, 0.29) is 5.92 Å². The average Bonchev–Trinajstić information content (AvgIpc) is 2.62. The van der Waals surface area contributed by atoms with Crippen molar-refractivity contribution in [2.24, 2.45) is 11.7 Å². The van der Waals surface area contributed by atoms with Gasteiger partial charge in [-0.1, -0.05) is 74.5 Å². The van der Waals surface area contributed by atoms with Crippen molar-refractivity contribution in [2.75, 3.05) is 0 Å². The summed E-state index contributed by atoms with van der Waals surface area (Å²) in [5, 5.41) is 12.7. The zero-order valence-electron chi connectivity index (χ0n) is 15.1. The number of benzene rings is 2. The lowest BCUT2D eigenvalue weighted by atomic mass is 9.84. The number of amides is 2. The third-order valence-corrected chi connectivity index (χ3v) is 4.25. The van der Waals surface area contributed by atoms with Gasteiger partial charge in [-0.3, -0.25) is 9.59 Å². The zero-order valence-corrected chi connectivity index (χ0v) is 15.1. The van der Waals surface area contributed by atoms with Crippen LogP contribution in [0.25, 0.3) is 0 Å². The first-order valence-corrected chi connectivity index (χ1v) is 8.77. The second-order valence-corrected chi connectivity index (χ2v) is 6.83. The Morgan fingerprint density at radius 3 is 1.81 bits per heavy atom. The monoisotopic (exact) mass is 354 g/mol. The van der Waals surface area contributed by atoms with E-state index >= 15 is 0 Å². The van der Waals surface area contributed by atoms with Crippen molar-refractivity contribution in [1.82, 2.24) is 5.32 Å². The Morgan fingerprint density at radius 2 is 1.42 bits per heavy atom. The Labute approximate surface area is 154 Å². The number of carbonyl (C=O) groups is 2. The third kappa shape index (κ3) is 5.17. The third-order valence-electron chi connectivity index (χ3n) is 4.25. The van der Waals surface area contributed by atoms with Gasteiger partial charge in [0.2, 0.25) is 11.8 Å². The van der Waals surface area contributed by atoms with Crippen molar-refractivity contribution in [3.63, 3.8) is 0 Å². The first-order valence-electron chi connectivity index (χ1n) is 8.77. The summed E-state index contributed by atoms with van der Waals surface area (Å²) in [6.07, 6.45) is -0.859. The van der Waals surface area contributed by atoms with Gasteiger partial charge in [0, 0.05) is 5.92 Å². The molecule has 2 rings (SSSR count). The number of carbonyl (C=O) groups excluding carboxylic acids is 2. The summed E-state index contributed by atoms with van der Waals surface area (Å²) in [4.78, 5) is 24.6. The van der Waals surface area contributed by atoms with E-state index in [1.54, 1.807) is 0 Å². The lowest BCUT2D eigenvalue weighted by molar-refractivity contribution is -0.134. The van der Waals surface area contributed by atoms with Crippen molar-refractivity contribution in [1.29, 1.82) is 0 Å². The quantitative estimate of drug-likeness (QED) is 0.678. The van der Waals surface area contributed by atoms with Crippen molar-refractivity contribution >= 4 is 11.8 Å². The fraction of sp³-hybridized carbons (Fsp3) is 0.333. The van der Waals surface area contributed by atoms with Gasteiger partial charge >= 0.3 is 0 Å². The van der Waals surface area contributed by atoms with Crippen LogP contribution in [0.4, 0.5) is 0 Å². The molecule has 0 aliphatic carbocycles. The number of primary amides is 1. The Balaban J connectivity index is 2.36. The van der Waals surface area contributed by atoms with Crippen molar-refractivity contribution in [2.45, 2.75) is 38.3 Å². The van der Waals surface area contributed by atoms with Crippen LogP contribution < -0.4 is 11.1 Å². The Kier molecular flexibility index (Phi) is 6.92. The highest BCUT2D eigenvalue weighted by Crippen LogP contribution is 2.28. The van der Waals surface area contributed by atoms with Gasteiger partial charge in [-0.05, 0) is 23.5 Å². The lowest BCUT2D eigenvalue weighted by Gasteiger charge is -2.27. The van der Waals surface area contributed by atoms with Crippen molar-refractivity contribution in [3.8, 4) is 0 Å². The van der Waals surface area contributed by atoms with E-state index in [4.69, 9.17) is 5.73 Å². The Morgan fingerprint density at radius 1 is 0.962 bits per heavy atom. The number of nitrogens with one attached hydrogen (secondary N) is 1. The zero-order chi connectivity index (χ0) is 19.1. The molecule has 0 fully saturated rings. The summed E-state index contributed by atoms with van der Waals surface area (Å²) in [7, 11) is 0. The van der Waals surface area contributed by atoms with E-state index in [9.17, 15) is 14.7 Å². The van der Waals surface area contributed by atoms with Crippen LogP contribution in [0.1, 0.15) is 37.3 Å². The summed E-state index contributed by atoms with van der Waals surface area (Å²) >= 11 is 0. The predicted molar refractivity (Wildman–Crippen MR) is 101 cm³/mol. The van der Waals surface area contributed by atoms with Gasteiger partial charge in [-0.15, -0.1) is 0 Å². The number of nitrogens with two attached hydrogens (primary N) is 1. The van der Waals surface area contributed by atoms with Gasteiger partial charge in [0.15, 0.2) is 0 Å². The van der Waals surface area contributed by atoms with Crippen LogP contribution in [0, 0.1) is 5.92 Å². The van der Waals surface area contributed by atoms with Gasteiger partial charge in [0.1, 0.15) is 12.1 Å². The predicted octanol–water partition coefficient (Wildman–Crippen LogP) is 2.20. The summed E-state index contributed by atoms with van der Waals surface area (Å²) in [6, 6.07) is 17.9. The molecule has 0 spiro atoms. The largest absolute Gasteiger partial charge is 0.383 e. The van der Waals surface area contributed by atoms with E-state index in [1.165, 1.54) is 0 Å². The molecule has 0 heterocycles. The molecule has 138 valence electrons. The molecule has 4 N–H and O–H groups in total. The second kappa shape index (κ2) is 9.15. The molecule has 26 heavy (non-hydrogen) atoms. The molecule has 2 atom stereocenters. The molecule has 2 amide bonds. The maximum absolute atomic E-state index is 12.4. The number of hydrogen-bond donors (Lipinski definition) is 3. The summed E-state index contributed by atoms with van der Waals surface area (Å²) in [6.45, 7) is 3.83. The van der Waals surface area contributed by atoms with E-state index in [1.807, 2.05) is 74.5 Å². The first kappa shape index (κ1) is 19.7. The molecule has 5 nitrogen and oxygen atoms in total. The van der Waals surface area contributed by atoms with Crippen LogP contribution >= 0.6 is 0 Å². The van der Waals surface area contributed by atoms with Crippen LogP contribution in [0.3, 0.4) is 0 Å². The molecule has 0 saturated heterocycles. The molecule has 5 heteroatoms. The Hall–Kier alpha value is -2.66. The van der Waals surface area contributed by atoms with Crippen LogP contribution in [-0.4, -0.2) is 29.1 Å². The molecule has 0 bridgehead atoms. The highest BCUT2D eigenvalue weighted by atomic mass is 16.3. The van der Waals surface area contributed by atoms with Crippen molar-refractivity contribution < 1.29 is 14.7 Å². The van der Waals surface area contributed by atoms with Gasteiger partial charge < -0.3 is 16.2 Å². The SMILES string of the molecule is CC(C)C[C@H](O)C(=O)N[C@@H](C(N)=O)C(c1ccccc1)c1ccccc1. The molecule has 0 aliphatic heterocycles. The molecule has 0 aliphatic rings. The van der Waals surface area contributed by atoms with Gasteiger partial charge in [-0.25, -0.2) is 0 Å². The normalized spacial score (nSPS) is 13.4. The molecule has 0 saturated carbocycles. The highest BCUT2D eigenvalue weighted by Gasteiger charge is 2.32. The minimum Gasteiger partial charge on any atom is -0.383 e. The molecule has 0 aromatic heterocycles. The number of rotatable bonds is 8. The van der Waals surface area contributed by atoms with Crippen LogP contribution in [0.15, 0.2) is 60.7 Å². The number of aliphatic hydroxyl groups is 1. The smallest absolute Gasteiger partial charge is 0.249 e. The van der Waals surface area contributed by atoms with E-state index in [2.05, 4.69) is 5.32 Å². The molecule has 0 unspecified atom stereocenters. The topological polar surface area (TPSA) is 92.4 Å². The fourth-order valence-electron chi connectivity index (χ4n) is 3.02. The van der Waals surface area contributed by atoms with Crippen LogP contribution in [0.2, 0.25) is 0 Å². The molecule has 2 aromatic rings. The lowest BCUT2D eigenvalue weighted by Crippen LogP contribution is -2.51. The summed E-state index contributed by atoms with van der Waals surface area (Å²) in [5.41, 5.74) is 7.35. The average molecular weight is 354 g/mol. The maximum atomic E-state index is 12.4. The maximum Gasteiger partial charge on any atom is 0.249 e. The second-order valence-electron chi connectivity index (χ2n) is 6.83. The van der Waals surface area contributed by atoms with Crippen LogP contribution in [-0.2, 0) is 9.59 Å². The van der Waals surface area contributed by atoms with Crippen LogP contribution in [0.5, 0.6) is 0 Å². The van der Waals surface area contributed by atoms with E-state index < -0.39 is 29.9 Å². The molecular weight excluding hydrogens is 328 g/mol. The number of aliphatic hydroxyl groups excluding tert-OH is 1. The highest BCUT2D eigenvalue weighted by molar-refractivity contribution is 5.89. The minimum atomic E-state index is -1.18. The summed E-state index contributed by atoms with van der Waals surface area (Å²) in [5.74, 6) is -1.51. The van der Waals surface area contributed by atoms with E-state index in [0.717, 1.165) is 11.1 Å². The van der Waals surface area contributed by atoms with Gasteiger partial charge in [0.05, 0.1) is 0 Å². The van der Waals surface area contributed by atoms with E-state index in [0.29, 0.717) is 6.42 Å². The van der Waals surface area contributed by atoms with Crippen molar-refractivity contribution in [3.05, 3.63) is 71.8 Å².